The van der Waals surface area contributed by atoms with Gasteiger partial charge in [0.05, 0.1) is 11.4 Å². The van der Waals surface area contributed by atoms with Gasteiger partial charge in [-0.15, -0.1) is 0 Å². The van der Waals surface area contributed by atoms with E-state index < -0.39 is 17.2 Å². The highest BCUT2D eigenvalue weighted by molar-refractivity contribution is 6.04. The van der Waals surface area contributed by atoms with Crippen LogP contribution in [0.15, 0.2) is 66.9 Å². The number of hydrogen-bond acceptors (Lipinski definition) is 3. The van der Waals surface area contributed by atoms with Crippen molar-refractivity contribution >= 4 is 11.6 Å². The Labute approximate surface area is 215 Å². The molecule has 37 heavy (non-hydrogen) atoms. The van der Waals surface area contributed by atoms with Crippen LogP contribution < -0.4 is 5.32 Å². The highest BCUT2D eigenvalue weighted by atomic mass is 19.4. The number of nitrogens with zero attached hydrogens (tertiary/aromatic N) is 1. The fourth-order valence-electron chi connectivity index (χ4n) is 6.47. The van der Waals surface area contributed by atoms with Gasteiger partial charge in [0.15, 0.2) is 5.60 Å². The molecular formula is C30H31F3N2O2. The van der Waals surface area contributed by atoms with E-state index in [0.29, 0.717) is 36.9 Å². The highest BCUT2D eigenvalue weighted by Crippen LogP contribution is 2.58. The van der Waals surface area contributed by atoms with Gasteiger partial charge in [0.25, 0.3) is 5.91 Å². The van der Waals surface area contributed by atoms with Gasteiger partial charge in [-0.25, -0.2) is 0 Å². The minimum atomic E-state index is -4.42. The SMILES string of the molecule is COC1(C(F)(F)F)CCC2(Cc3ccccc3)c3ccc(C(=O)Nc4cccnc4C)cc3CCC2C1. The number of methoxy groups -OCH3 is 1. The molecule has 0 saturated heterocycles. The van der Waals surface area contributed by atoms with E-state index in [2.05, 4.69) is 10.3 Å². The monoisotopic (exact) mass is 508 g/mol. The zero-order chi connectivity index (χ0) is 26.3. The smallest absolute Gasteiger partial charge is 0.369 e. The first-order valence-electron chi connectivity index (χ1n) is 12.7. The van der Waals surface area contributed by atoms with Crippen LogP contribution in [0.1, 0.15) is 58.4 Å². The number of nitrogens with one attached hydrogen (secondary N) is 1. The van der Waals surface area contributed by atoms with Crippen LogP contribution in [0.25, 0.3) is 0 Å². The summed E-state index contributed by atoms with van der Waals surface area (Å²) in [5.74, 6) is -0.412. The molecule has 4 nitrogen and oxygen atoms in total. The standard InChI is InChI=1S/C30H31F3N2O2/c1-20-26(9-6-16-34-20)35-27(36)23-11-13-25-22(17-23)10-12-24-19-29(37-2,30(31,32)33)15-14-28(24,25)18-21-7-4-3-5-8-21/h3-9,11,13,16-17,24H,10,12,14-15,18-19H2,1-2H3,(H,35,36). The van der Waals surface area contributed by atoms with Crippen molar-refractivity contribution in [3.63, 3.8) is 0 Å². The zero-order valence-corrected chi connectivity index (χ0v) is 21.1. The quantitative estimate of drug-likeness (QED) is 0.412. The molecule has 3 unspecified atom stereocenters. The largest absolute Gasteiger partial charge is 0.417 e. The molecular weight excluding hydrogens is 477 g/mol. The Morgan fingerprint density at radius 1 is 1.11 bits per heavy atom. The lowest BCUT2D eigenvalue weighted by Gasteiger charge is -2.54. The number of fused-ring (bicyclic) bond motifs is 3. The predicted molar refractivity (Wildman–Crippen MR) is 137 cm³/mol. The summed E-state index contributed by atoms with van der Waals surface area (Å²) < 4.78 is 47.7. The Balaban J connectivity index is 1.52. The van der Waals surface area contributed by atoms with Gasteiger partial charge >= 0.3 is 6.18 Å². The summed E-state index contributed by atoms with van der Waals surface area (Å²) in [4.78, 5) is 17.3. The fourth-order valence-corrected chi connectivity index (χ4v) is 6.47. The molecule has 5 rings (SSSR count). The Morgan fingerprint density at radius 2 is 1.89 bits per heavy atom. The molecule has 7 heteroatoms. The topological polar surface area (TPSA) is 51.2 Å². The van der Waals surface area contributed by atoms with Crippen molar-refractivity contribution in [3.05, 3.63) is 94.8 Å². The Hall–Kier alpha value is -3.19. The second-order valence-corrected chi connectivity index (χ2v) is 10.4. The molecule has 1 fully saturated rings. The molecule has 0 radical (unpaired) electrons. The van der Waals surface area contributed by atoms with Crippen molar-refractivity contribution in [2.45, 2.75) is 62.6 Å². The third-order valence-corrected chi connectivity index (χ3v) is 8.52. The van der Waals surface area contributed by atoms with Gasteiger partial charge in [-0.3, -0.25) is 9.78 Å². The summed E-state index contributed by atoms with van der Waals surface area (Å²) in [5, 5.41) is 2.93. The number of amides is 1. The molecule has 1 heterocycles. The van der Waals surface area contributed by atoms with Crippen molar-refractivity contribution < 1.29 is 22.7 Å². The van der Waals surface area contributed by atoms with E-state index in [-0.39, 0.29) is 24.7 Å². The van der Waals surface area contributed by atoms with Gasteiger partial charge in [0.1, 0.15) is 0 Å². The number of ether oxygens (including phenoxy) is 1. The third-order valence-electron chi connectivity index (χ3n) is 8.52. The van der Waals surface area contributed by atoms with E-state index in [1.165, 1.54) is 7.11 Å². The molecule has 0 spiro atoms. The lowest BCUT2D eigenvalue weighted by Crippen LogP contribution is -2.57. The molecule has 2 aliphatic carbocycles. The van der Waals surface area contributed by atoms with E-state index in [0.717, 1.165) is 22.4 Å². The van der Waals surface area contributed by atoms with Crippen LogP contribution in [0.3, 0.4) is 0 Å². The molecule has 1 N–H and O–H groups in total. The summed E-state index contributed by atoms with van der Waals surface area (Å²) in [5.41, 5.74) is 2.56. The first kappa shape index (κ1) is 25.5. The van der Waals surface area contributed by atoms with E-state index in [1.54, 1.807) is 18.3 Å². The Morgan fingerprint density at radius 3 is 2.59 bits per heavy atom. The van der Waals surface area contributed by atoms with E-state index in [1.807, 2.05) is 55.5 Å². The van der Waals surface area contributed by atoms with Crippen LogP contribution in [-0.4, -0.2) is 29.8 Å². The van der Waals surface area contributed by atoms with Gasteiger partial charge in [0, 0.05) is 24.3 Å². The number of benzene rings is 2. The molecule has 0 aliphatic heterocycles. The summed E-state index contributed by atoms with van der Waals surface area (Å²) in [6.07, 6.45) is -0.618. The number of aromatic nitrogens is 1. The molecule has 2 aromatic carbocycles. The molecule has 1 saturated carbocycles. The van der Waals surface area contributed by atoms with Crippen LogP contribution in [-0.2, 0) is 23.0 Å². The molecule has 3 aromatic rings. The van der Waals surface area contributed by atoms with Crippen LogP contribution in [0.4, 0.5) is 18.9 Å². The van der Waals surface area contributed by atoms with E-state index >= 15 is 0 Å². The number of carbonyl (C=O) groups is 1. The number of halogens is 3. The second kappa shape index (κ2) is 9.60. The summed E-state index contributed by atoms with van der Waals surface area (Å²) in [7, 11) is 1.18. The minimum Gasteiger partial charge on any atom is -0.369 e. The van der Waals surface area contributed by atoms with E-state index in [4.69, 9.17) is 4.74 Å². The lowest BCUT2D eigenvalue weighted by molar-refractivity contribution is -0.289. The number of anilines is 1. The van der Waals surface area contributed by atoms with Crippen LogP contribution >= 0.6 is 0 Å². The molecule has 2 aliphatic rings. The zero-order valence-electron chi connectivity index (χ0n) is 21.1. The average molecular weight is 509 g/mol. The third kappa shape index (κ3) is 4.54. The molecule has 0 bridgehead atoms. The van der Waals surface area contributed by atoms with Crippen molar-refractivity contribution in [3.8, 4) is 0 Å². The number of alkyl halides is 3. The van der Waals surface area contributed by atoms with Gasteiger partial charge in [-0.1, -0.05) is 36.4 Å². The van der Waals surface area contributed by atoms with Crippen molar-refractivity contribution in [2.24, 2.45) is 5.92 Å². The second-order valence-electron chi connectivity index (χ2n) is 10.4. The van der Waals surface area contributed by atoms with Crippen LogP contribution in [0.5, 0.6) is 0 Å². The number of aryl methyl sites for hydroxylation is 2. The van der Waals surface area contributed by atoms with Crippen molar-refractivity contribution in [2.75, 3.05) is 12.4 Å². The summed E-state index contributed by atoms with van der Waals surface area (Å²) in [6, 6.07) is 19.2. The Bertz CT molecular complexity index is 1290. The minimum absolute atomic E-state index is 0.0538. The summed E-state index contributed by atoms with van der Waals surface area (Å²) >= 11 is 0. The maximum atomic E-state index is 14.2. The normalized spacial score (nSPS) is 25.2. The van der Waals surface area contributed by atoms with Crippen molar-refractivity contribution in [1.29, 1.82) is 0 Å². The number of rotatable bonds is 5. The Kier molecular flexibility index (Phi) is 6.61. The lowest BCUT2D eigenvalue weighted by atomic mass is 9.52. The molecule has 3 atom stereocenters. The number of pyridine rings is 1. The predicted octanol–water partition coefficient (Wildman–Crippen LogP) is 6.82. The maximum Gasteiger partial charge on any atom is 0.417 e. The van der Waals surface area contributed by atoms with Gasteiger partial charge in [-0.05, 0) is 92.3 Å². The first-order chi connectivity index (χ1) is 17.7. The number of carbonyl (C=O) groups excluding carboxylic acids is 1. The van der Waals surface area contributed by atoms with Gasteiger partial charge < -0.3 is 10.1 Å². The maximum absolute atomic E-state index is 14.2. The van der Waals surface area contributed by atoms with Crippen molar-refractivity contribution in [1.82, 2.24) is 4.98 Å². The first-order valence-corrected chi connectivity index (χ1v) is 12.7. The van der Waals surface area contributed by atoms with Crippen LogP contribution in [0.2, 0.25) is 0 Å². The van der Waals surface area contributed by atoms with Gasteiger partial charge in [-0.2, -0.15) is 13.2 Å². The van der Waals surface area contributed by atoms with Gasteiger partial charge in [0.2, 0.25) is 0 Å². The average Bonchev–Trinajstić information content (AvgIpc) is 2.89. The van der Waals surface area contributed by atoms with E-state index in [9.17, 15) is 18.0 Å². The fraction of sp³-hybridized carbons (Fsp3) is 0.400. The highest BCUT2D eigenvalue weighted by Gasteiger charge is 2.62. The molecule has 1 amide bonds. The molecule has 1 aromatic heterocycles. The molecule has 194 valence electrons. The summed E-state index contributed by atoms with van der Waals surface area (Å²) in [6.45, 7) is 1.83. The number of hydrogen-bond donors (Lipinski definition) is 1. The van der Waals surface area contributed by atoms with Crippen LogP contribution in [0, 0.1) is 12.8 Å².